The SMILES string of the molecule is COc1ccc(C2(C(=O)NCc3ccccc3OC)CCOCC2)cc1. The first-order chi connectivity index (χ1) is 12.7. The molecule has 0 saturated carbocycles. The van der Waals surface area contributed by atoms with Crippen LogP contribution in [0.1, 0.15) is 24.0 Å². The molecule has 1 aliphatic heterocycles. The first-order valence-corrected chi connectivity index (χ1v) is 8.82. The standard InChI is InChI=1S/C21H25NO4/c1-24-18-9-7-17(8-10-18)21(11-13-26-14-12-21)20(23)22-15-16-5-3-4-6-19(16)25-2/h3-10H,11-15H2,1-2H3,(H,22,23). The van der Waals surface area contributed by atoms with Crippen molar-refractivity contribution in [1.82, 2.24) is 5.32 Å². The molecule has 0 aliphatic carbocycles. The van der Waals surface area contributed by atoms with Crippen LogP contribution in [0.15, 0.2) is 48.5 Å². The van der Waals surface area contributed by atoms with Gasteiger partial charge in [-0.15, -0.1) is 0 Å². The molecule has 0 aromatic heterocycles. The third-order valence-corrected chi connectivity index (χ3v) is 5.06. The Hall–Kier alpha value is -2.53. The number of amides is 1. The molecule has 1 amide bonds. The minimum absolute atomic E-state index is 0.0249. The van der Waals surface area contributed by atoms with Crippen LogP contribution in [0.3, 0.4) is 0 Å². The van der Waals surface area contributed by atoms with Gasteiger partial charge in [-0.25, -0.2) is 0 Å². The predicted octanol–water partition coefficient (Wildman–Crippen LogP) is 3.07. The summed E-state index contributed by atoms with van der Waals surface area (Å²) < 4.78 is 16.1. The van der Waals surface area contributed by atoms with Crippen LogP contribution in [-0.2, 0) is 21.5 Å². The van der Waals surface area contributed by atoms with Gasteiger partial charge < -0.3 is 19.5 Å². The van der Waals surface area contributed by atoms with Crippen molar-refractivity contribution in [3.8, 4) is 11.5 Å². The van der Waals surface area contributed by atoms with Gasteiger partial charge in [0, 0.05) is 25.3 Å². The van der Waals surface area contributed by atoms with Gasteiger partial charge in [-0.3, -0.25) is 4.79 Å². The van der Waals surface area contributed by atoms with Crippen molar-refractivity contribution in [3.05, 3.63) is 59.7 Å². The van der Waals surface area contributed by atoms with Gasteiger partial charge in [0.15, 0.2) is 0 Å². The molecular weight excluding hydrogens is 330 g/mol. The van der Waals surface area contributed by atoms with Gasteiger partial charge in [0.25, 0.3) is 0 Å². The molecule has 1 saturated heterocycles. The molecule has 138 valence electrons. The van der Waals surface area contributed by atoms with E-state index in [-0.39, 0.29) is 5.91 Å². The van der Waals surface area contributed by atoms with Gasteiger partial charge in [0.05, 0.1) is 19.6 Å². The highest BCUT2D eigenvalue weighted by Gasteiger charge is 2.41. The monoisotopic (exact) mass is 355 g/mol. The zero-order valence-corrected chi connectivity index (χ0v) is 15.3. The average molecular weight is 355 g/mol. The minimum Gasteiger partial charge on any atom is -0.497 e. The number of rotatable bonds is 6. The molecule has 0 unspecified atom stereocenters. The van der Waals surface area contributed by atoms with Gasteiger partial charge in [-0.1, -0.05) is 30.3 Å². The van der Waals surface area contributed by atoms with Crippen molar-refractivity contribution in [3.63, 3.8) is 0 Å². The van der Waals surface area contributed by atoms with Crippen LogP contribution in [0.2, 0.25) is 0 Å². The number of para-hydroxylation sites is 1. The Bertz CT molecular complexity index is 736. The summed E-state index contributed by atoms with van der Waals surface area (Å²) in [5, 5.41) is 3.11. The molecule has 0 atom stereocenters. The molecule has 26 heavy (non-hydrogen) atoms. The lowest BCUT2D eigenvalue weighted by atomic mass is 9.73. The topological polar surface area (TPSA) is 56.8 Å². The third-order valence-electron chi connectivity index (χ3n) is 5.06. The van der Waals surface area contributed by atoms with Crippen molar-refractivity contribution < 1.29 is 19.0 Å². The minimum atomic E-state index is -0.577. The van der Waals surface area contributed by atoms with Crippen molar-refractivity contribution in [2.45, 2.75) is 24.8 Å². The van der Waals surface area contributed by atoms with E-state index in [2.05, 4.69) is 5.32 Å². The second-order valence-electron chi connectivity index (χ2n) is 6.42. The molecule has 0 radical (unpaired) electrons. The number of hydrogen-bond donors (Lipinski definition) is 1. The maximum atomic E-state index is 13.2. The second kappa shape index (κ2) is 8.23. The van der Waals surface area contributed by atoms with Crippen LogP contribution in [0.5, 0.6) is 11.5 Å². The molecule has 3 rings (SSSR count). The van der Waals surface area contributed by atoms with Crippen LogP contribution in [0.4, 0.5) is 0 Å². The highest BCUT2D eigenvalue weighted by Crippen LogP contribution is 2.36. The quantitative estimate of drug-likeness (QED) is 0.865. The Balaban J connectivity index is 1.81. The van der Waals surface area contributed by atoms with Gasteiger partial charge in [0.1, 0.15) is 11.5 Å². The average Bonchev–Trinajstić information content (AvgIpc) is 2.72. The van der Waals surface area contributed by atoms with Crippen LogP contribution in [0.25, 0.3) is 0 Å². The maximum Gasteiger partial charge on any atom is 0.231 e. The number of nitrogens with one attached hydrogen (secondary N) is 1. The highest BCUT2D eigenvalue weighted by molar-refractivity contribution is 5.88. The largest absolute Gasteiger partial charge is 0.497 e. The summed E-state index contributed by atoms with van der Waals surface area (Å²) in [4.78, 5) is 13.2. The molecule has 0 bridgehead atoms. The second-order valence-corrected chi connectivity index (χ2v) is 6.42. The molecule has 1 fully saturated rings. The lowest BCUT2D eigenvalue weighted by Crippen LogP contribution is -2.47. The Morgan fingerprint density at radius 3 is 2.38 bits per heavy atom. The number of hydrogen-bond acceptors (Lipinski definition) is 4. The molecule has 0 spiro atoms. The Labute approximate surface area is 154 Å². The molecule has 1 heterocycles. The summed E-state index contributed by atoms with van der Waals surface area (Å²) in [5.41, 5.74) is 1.38. The predicted molar refractivity (Wildman–Crippen MR) is 99.6 cm³/mol. The number of ether oxygens (including phenoxy) is 3. The summed E-state index contributed by atoms with van der Waals surface area (Å²) in [6, 6.07) is 15.5. The lowest BCUT2D eigenvalue weighted by Gasteiger charge is -2.36. The van der Waals surface area contributed by atoms with E-state index in [0.717, 1.165) is 22.6 Å². The zero-order chi connectivity index (χ0) is 18.4. The zero-order valence-electron chi connectivity index (χ0n) is 15.3. The van der Waals surface area contributed by atoms with Crippen molar-refractivity contribution in [1.29, 1.82) is 0 Å². The van der Waals surface area contributed by atoms with E-state index in [1.165, 1.54) is 0 Å². The number of benzene rings is 2. The summed E-state index contributed by atoms with van der Waals surface area (Å²) in [5.74, 6) is 1.58. The molecule has 2 aromatic rings. The summed E-state index contributed by atoms with van der Waals surface area (Å²) >= 11 is 0. The van der Waals surface area contributed by atoms with E-state index in [9.17, 15) is 4.79 Å². The lowest BCUT2D eigenvalue weighted by molar-refractivity contribution is -0.130. The molecule has 2 aromatic carbocycles. The first-order valence-electron chi connectivity index (χ1n) is 8.82. The fraction of sp³-hybridized carbons (Fsp3) is 0.381. The van der Waals surface area contributed by atoms with E-state index >= 15 is 0 Å². The summed E-state index contributed by atoms with van der Waals surface area (Å²) in [6.07, 6.45) is 1.33. The maximum absolute atomic E-state index is 13.2. The molecule has 5 nitrogen and oxygen atoms in total. The number of methoxy groups -OCH3 is 2. The smallest absolute Gasteiger partial charge is 0.231 e. The van der Waals surface area contributed by atoms with Gasteiger partial charge >= 0.3 is 0 Å². The van der Waals surface area contributed by atoms with Crippen LogP contribution >= 0.6 is 0 Å². The Kier molecular flexibility index (Phi) is 5.78. The Morgan fingerprint density at radius 2 is 1.73 bits per heavy atom. The van der Waals surface area contributed by atoms with Crippen molar-refractivity contribution >= 4 is 5.91 Å². The van der Waals surface area contributed by atoms with Gasteiger partial charge in [-0.2, -0.15) is 0 Å². The van der Waals surface area contributed by atoms with Gasteiger partial charge in [0.2, 0.25) is 5.91 Å². The van der Waals surface area contributed by atoms with E-state index in [1.807, 2.05) is 48.5 Å². The van der Waals surface area contributed by atoms with Gasteiger partial charge in [-0.05, 0) is 36.6 Å². The van der Waals surface area contributed by atoms with E-state index in [0.29, 0.717) is 32.6 Å². The molecule has 5 heteroatoms. The Morgan fingerprint density at radius 1 is 1.04 bits per heavy atom. The number of carbonyl (C=O) groups is 1. The highest BCUT2D eigenvalue weighted by atomic mass is 16.5. The fourth-order valence-corrected chi connectivity index (χ4v) is 3.47. The summed E-state index contributed by atoms with van der Waals surface area (Å²) in [7, 11) is 3.27. The first kappa shape index (κ1) is 18.3. The number of carbonyl (C=O) groups excluding carboxylic acids is 1. The van der Waals surface area contributed by atoms with E-state index < -0.39 is 5.41 Å². The van der Waals surface area contributed by atoms with Crippen molar-refractivity contribution in [2.75, 3.05) is 27.4 Å². The van der Waals surface area contributed by atoms with Crippen LogP contribution in [0, 0.1) is 0 Å². The molecule has 1 aliphatic rings. The van der Waals surface area contributed by atoms with Crippen LogP contribution in [-0.4, -0.2) is 33.3 Å². The van der Waals surface area contributed by atoms with Crippen molar-refractivity contribution in [2.24, 2.45) is 0 Å². The van der Waals surface area contributed by atoms with Crippen LogP contribution < -0.4 is 14.8 Å². The fourth-order valence-electron chi connectivity index (χ4n) is 3.47. The molecular formula is C21H25NO4. The van der Waals surface area contributed by atoms with E-state index in [4.69, 9.17) is 14.2 Å². The summed E-state index contributed by atoms with van der Waals surface area (Å²) in [6.45, 7) is 1.59. The molecule has 1 N–H and O–H groups in total. The van der Waals surface area contributed by atoms with E-state index in [1.54, 1.807) is 14.2 Å². The normalized spacial score (nSPS) is 15.9. The third kappa shape index (κ3) is 3.68.